The highest BCUT2D eigenvalue weighted by Crippen LogP contribution is 2.41. The molecule has 2 aromatic heterocycles. The van der Waals surface area contributed by atoms with Crippen molar-refractivity contribution in [3.8, 4) is 39.1 Å². The number of fused-ring (bicyclic) bond motifs is 6. The first kappa shape index (κ1) is 32.8. The van der Waals surface area contributed by atoms with Gasteiger partial charge in [-0.3, -0.25) is 0 Å². The fraction of sp³-hybridized carbons (Fsp3) is 0. The Hall–Kier alpha value is -7.62. The topological polar surface area (TPSA) is 21.3 Å². The van der Waals surface area contributed by atoms with Crippen molar-refractivity contribution >= 4 is 60.8 Å². The van der Waals surface area contributed by atoms with E-state index in [1.807, 2.05) is 12.1 Å². The first-order valence-electron chi connectivity index (χ1n) is 19.4. The Morgan fingerprint density at radius 1 is 0.316 bits per heavy atom. The number of rotatable bonds is 7. The van der Waals surface area contributed by atoms with Gasteiger partial charge in [0.2, 0.25) is 0 Å². The zero-order chi connectivity index (χ0) is 37.7. The minimum absolute atomic E-state index is 0.893. The lowest BCUT2D eigenvalue weighted by Crippen LogP contribution is -2.09. The molecule has 0 saturated carbocycles. The molecule has 0 atom stereocenters. The maximum absolute atomic E-state index is 6.56. The molecule has 0 saturated heterocycles. The summed E-state index contributed by atoms with van der Waals surface area (Å²) in [5.74, 6) is 0. The van der Waals surface area contributed by atoms with E-state index in [1.165, 1.54) is 33.0 Å². The van der Waals surface area contributed by atoms with Crippen molar-refractivity contribution in [3.05, 3.63) is 218 Å². The summed E-state index contributed by atoms with van der Waals surface area (Å²) < 4.78 is 8.93. The van der Waals surface area contributed by atoms with E-state index in [9.17, 15) is 0 Å². The predicted molar refractivity (Wildman–Crippen MR) is 239 cm³/mol. The monoisotopic (exact) mass is 728 g/mol. The van der Waals surface area contributed by atoms with Crippen molar-refractivity contribution in [3.63, 3.8) is 0 Å². The number of aromatic nitrogens is 1. The van der Waals surface area contributed by atoms with E-state index >= 15 is 0 Å². The highest BCUT2D eigenvalue weighted by atomic mass is 16.3. The SMILES string of the molecule is c1ccc(-c2ccc(N(c3ccc(-c4ccccc4)cc3)c3ccc(-c4ccc5c6ccccc6n(-c6cccc7c6oc6ccccc67)c5c4)cc3)cc2)cc1. The summed E-state index contributed by atoms with van der Waals surface area (Å²) in [5.41, 5.74) is 15.5. The van der Waals surface area contributed by atoms with Crippen LogP contribution in [0.3, 0.4) is 0 Å². The number of furan rings is 1. The minimum atomic E-state index is 0.893. The van der Waals surface area contributed by atoms with E-state index in [0.717, 1.165) is 66.8 Å². The Morgan fingerprint density at radius 2 is 0.772 bits per heavy atom. The van der Waals surface area contributed by atoms with Gasteiger partial charge in [-0.2, -0.15) is 0 Å². The number of para-hydroxylation sites is 3. The summed E-state index contributed by atoms with van der Waals surface area (Å²) in [7, 11) is 0. The van der Waals surface area contributed by atoms with Gasteiger partial charge >= 0.3 is 0 Å². The van der Waals surface area contributed by atoms with Crippen LogP contribution < -0.4 is 4.90 Å². The molecule has 3 nitrogen and oxygen atoms in total. The van der Waals surface area contributed by atoms with Crippen LogP contribution in [0.25, 0.3) is 82.8 Å². The van der Waals surface area contributed by atoms with Gasteiger partial charge in [0, 0.05) is 38.6 Å². The first-order chi connectivity index (χ1) is 28.3. The Balaban J connectivity index is 1.01. The summed E-state index contributed by atoms with van der Waals surface area (Å²) in [6.07, 6.45) is 0. The molecular weight excluding hydrogens is 693 g/mol. The quantitative estimate of drug-likeness (QED) is 0.163. The second-order valence-electron chi connectivity index (χ2n) is 14.5. The third kappa shape index (κ3) is 5.68. The van der Waals surface area contributed by atoms with E-state index in [4.69, 9.17) is 4.42 Å². The predicted octanol–water partition coefficient (Wildman–Crippen LogP) is 15.2. The van der Waals surface area contributed by atoms with Crippen molar-refractivity contribution in [2.24, 2.45) is 0 Å². The van der Waals surface area contributed by atoms with Gasteiger partial charge in [0.1, 0.15) is 5.58 Å². The molecule has 0 amide bonds. The van der Waals surface area contributed by atoms with Gasteiger partial charge < -0.3 is 13.9 Å². The Kier molecular flexibility index (Phi) is 7.82. The lowest BCUT2D eigenvalue weighted by molar-refractivity contribution is 0.666. The number of benzene rings is 9. The van der Waals surface area contributed by atoms with Crippen LogP contribution in [0.1, 0.15) is 0 Å². The summed E-state index contributed by atoms with van der Waals surface area (Å²) in [6.45, 7) is 0. The van der Waals surface area contributed by atoms with E-state index in [-0.39, 0.29) is 0 Å². The third-order valence-corrected chi connectivity index (χ3v) is 11.2. The van der Waals surface area contributed by atoms with Crippen molar-refractivity contribution < 1.29 is 4.42 Å². The summed E-state index contributed by atoms with van der Waals surface area (Å²) in [6, 6.07) is 78.0. The highest BCUT2D eigenvalue weighted by molar-refractivity contribution is 6.13. The normalized spacial score (nSPS) is 11.5. The van der Waals surface area contributed by atoms with E-state index in [0.29, 0.717) is 0 Å². The van der Waals surface area contributed by atoms with Gasteiger partial charge in [-0.25, -0.2) is 0 Å². The molecule has 0 aliphatic carbocycles. The first-order valence-corrected chi connectivity index (χ1v) is 19.4. The molecule has 0 N–H and O–H groups in total. The fourth-order valence-corrected chi connectivity index (χ4v) is 8.44. The minimum Gasteiger partial charge on any atom is -0.454 e. The molecule has 2 heterocycles. The Labute approximate surface area is 330 Å². The molecule has 0 bridgehead atoms. The number of hydrogen-bond donors (Lipinski definition) is 0. The molecule has 3 heteroatoms. The molecule has 9 aromatic carbocycles. The van der Waals surface area contributed by atoms with E-state index < -0.39 is 0 Å². The second-order valence-corrected chi connectivity index (χ2v) is 14.5. The van der Waals surface area contributed by atoms with E-state index in [1.54, 1.807) is 0 Å². The average Bonchev–Trinajstić information content (AvgIpc) is 3.84. The summed E-state index contributed by atoms with van der Waals surface area (Å²) >= 11 is 0. The zero-order valence-electron chi connectivity index (χ0n) is 31.1. The van der Waals surface area contributed by atoms with Gasteiger partial charge in [-0.1, -0.05) is 158 Å². The molecular formula is C54H36N2O. The third-order valence-electron chi connectivity index (χ3n) is 11.2. The molecule has 0 fully saturated rings. The van der Waals surface area contributed by atoms with Gasteiger partial charge in [0.15, 0.2) is 5.58 Å². The number of hydrogen-bond acceptors (Lipinski definition) is 2. The molecule has 0 spiro atoms. The molecule has 0 aliphatic rings. The van der Waals surface area contributed by atoms with Crippen molar-refractivity contribution in [1.29, 1.82) is 0 Å². The highest BCUT2D eigenvalue weighted by Gasteiger charge is 2.19. The van der Waals surface area contributed by atoms with Crippen LogP contribution in [-0.2, 0) is 0 Å². The van der Waals surface area contributed by atoms with Crippen LogP contribution in [0.4, 0.5) is 17.1 Å². The molecule has 57 heavy (non-hydrogen) atoms. The molecule has 0 radical (unpaired) electrons. The second kappa shape index (κ2) is 13.6. The Morgan fingerprint density at radius 3 is 1.39 bits per heavy atom. The van der Waals surface area contributed by atoms with Crippen LogP contribution in [0.5, 0.6) is 0 Å². The van der Waals surface area contributed by atoms with Crippen LogP contribution in [0, 0.1) is 0 Å². The zero-order valence-corrected chi connectivity index (χ0v) is 31.1. The van der Waals surface area contributed by atoms with Crippen molar-refractivity contribution in [1.82, 2.24) is 4.57 Å². The van der Waals surface area contributed by atoms with Crippen LogP contribution >= 0.6 is 0 Å². The van der Waals surface area contributed by atoms with Crippen molar-refractivity contribution in [2.45, 2.75) is 0 Å². The standard InChI is InChI=1S/C54H36N2O/c1-3-12-37(13-4-1)39-22-29-43(30-23-39)55(44-31-24-40(25-32-44)38-14-5-2-6-15-38)45-33-26-41(27-34-45)42-28-35-47-46-16-7-9-19-50(46)56(52(47)36-42)51-20-11-18-49-48-17-8-10-21-53(48)57-54(49)51/h1-36H. The van der Waals surface area contributed by atoms with Gasteiger partial charge in [-0.15, -0.1) is 0 Å². The maximum atomic E-state index is 6.56. The van der Waals surface area contributed by atoms with Gasteiger partial charge in [0.25, 0.3) is 0 Å². The largest absolute Gasteiger partial charge is 0.454 e. The maximum Gasteiger partial charge on any atom is 0.159 e. The smallest absolute Gasteiger partial charge is 0.159 e. The van der Waals surface area contributed by atoms with E-state index in [2.05, 4.69) is 216 Å². The lowest BCUT2D eigenvalue weighted by Gasteiger charge is -2.26. The summed E-state index contributed by atoms with van der Waals surface area (Å²) in [5, 5.41) is 4.68. The molecule has 0 unspecified atom stereocenters. The summed E-state index contributed by atoms with van der Waals surface area (Å²) in [4.78, 5) is 2.34. The fourth-order valence-electron chi connectivity index (χ4n) is 8.44. The van der Waals surface area contributed by atoms with Gasteiger partial charge in [-0.05, 0) is 94.0 Å². The molecule has 268 valence electrons. The Bertz CT molecular complexity index is 3110. The number of anilines is 3. The van der Waals surface area contributed by atoms with Crippen LogP contribution in [0.15, 0.2) is 223 Å². The lowest BCUT2D eigenvalue weighted by atomic mass is 10.0. The molecule has 11 rings (SSSR count). The van der Waals surface area contributed by atoms with Crippen molar-refractivity contribution in [2.75, 3.05) is 4.90 Å². The number of nitrogens with zero attached hydrogens (tertiary/aromatic N) is 2. The molecule has 0 aliphatic heterocycles. The van der Waals surface area contributed by atoms with Crippen LogP contribution in [-0.4, -0.2) is 4.57 Å². The van der Waals surface area contributed by atoms with Gasteiger partial charge in [0.05, 0.1) is 16.7 Å². The van der Waals surface area contributed by atoms with Crippen LogP contribution in [0.2, 0.25) is 0 Å². The average molecular weight is 729 g/mol. The molecule has 11 aromatic rings.